The second kappa shape index (κ2) is 2.91. The smallest absolute Gasteiger partial charge is 0.377 e. The first-order valence-corrected chi connectivity index (χ1v) is 3.23. The van der Waals surface area contributed by atoms with Crippen LogP contribution in [0.15, 0.2) is 30.3 Å². The molecule has 1 unspecified atom stereocenters. The first-order valence-electron chi connectivity index (χ1n) is 3.23. The van der Waals surface area contributed by atoms with Gasteiger partial charge in [-0.05, 0) is 0 Å². The van der Waals surface area contributed by atoms with E-state index in [9.17, 15) is 14.3 Å². The standard InChI is InChI=1S/C8H6FO3/c9-8(12,7(10)11)6-4-2-1-3-5-6/h1-5H,(H,10,11). The van der Waals surface area contributed by atoms with Crippen LogP contribution in [0.2, 0.25) is 0 Å². The lowest BCUT2D eigenvalue weighted by Gasteiger charge is -2.10. The van der Waals surface area contributed by atoms with Gasteiger partial charge in [0.2, 0.25) is 0 Å². The van der Waals surface area contributed by atoms with Gasteiger partial charge in [-0.1, -0.05) is 30.3 Å². The third kappa shape index (κ3) is 1.43. The number of rotatable bonds is 2. The first kappa shape index (κ1) is 8.67. The van der Waals surface area contributed by atoms with Gasteiger partial charge in [0.25, 0.3) is 0 Å². The number of halogens is 1. The van der Waals surface area contributed by atoms with Crippen LogP contribution in [0.5, 0.6) is 0 Å². The van der Waals surface area contributed by atoms with Crippen molar-refractivity contribution < 1.29 is 19.4 Å². The molecule has 0 amide bonds. The van der Waals surface area contributed by atoms with E-state index in [0.717, 1.165) is 12.1 Å². The Bertz CT molecular complexity index is 282. The molecule has 0 saturated carbocycles. The van der Waals surface area contributed by atoms with Crippen LogP contribution in [-0.4, -0.2) is 11.1 Å². The summed E-state index contributed by atoms with van der Waals surface area (Å²) in [4.78, 5) is 10.1. The molecule has 3 nitrogen and oxygen atoms in total. The maximum Gasteiger partial charge on any atom is 0.377 e. The number of hydrogen-bond donors (Lipinski definition) is 1. The van der Waals surface area contributed by atoms with Gasteiger partial charge in [0, 0.05) is 5.56 Å². The summed E-state index contributed by atoms with van der Waals surface area (Å²) in [5.74, 6) is -5.56. The minimum Gasteiger partial charge on any atom is -0.477 e. The molecule has 0 spiro atoms. The number of alkyl halides is 1. The lowest BCUT2D eigenvalue weighted by molar-refractivity contribution is -0.199. The van der Waals surface area contributed by atoms with Crippen molar-refractivity contribution >= 4 is 5.97 Å². The van der Waals surface area contributed by atoms with Gasteiger partial charge >= 0.3 is 11.8 Å². The van der Waals surface area contributed by atoms with Crippen molar-refractivity contribution in [2.75, 3.05) is 0 Å². The zero-order valence-electron chi connectivity index (χ0n) is 6.03. The predicted molar refractivity (Wildman–Crippen MR) is 37.6 cm³/mol. The van der Waals surface area contributed by atoms with Crippen LogP contribution < -0.4 is 0 Å². The molecule has 1 rings (SSSR count). The zero-order valence-corrected chi connectivity index (χ0v) is 6.03. The molecule has 1 radical (unpaired) electrons. The van der Waals surface area contributed by atoms with E-state index >= 15 is 0 Å². The highest BCUT2D eigenvalue weighted by atomic mass is 19.2. The Morgan fingerprint density at radius 3 is 2.25 bits per heavy atom. The molecule has 1 aromatic carbocycles. The van der Waals surface area contributed by atoms with Crippen LogP contribution >= 0.6 is 0 Å². The molecule has 4 heteroatoms. The molecule has 1 aromatic rings. The predicted octanol–water partition coefficient (Wildman–Crippen LogP) is 1.32. The molecule has 0 aliphatic heterocycles. The number of hydrogen-bond acceptors (Lipinski definition) is 1. The minimum atomic E-state index is -3.54. The summed E-state index contributed by atoms with van der Waals surface area (Å²) in [5, 5.41) is 18.9. The molecule has 0 aliphatic carbocycles. The number of carbonyl (C=O) groups is 1. The van der Waals surface area contributed by atoms with Crippen molar-refractivity contribution in [2.24, 2.45) is 0 Å². The van der Waals surface area contributed by atoms with Gasteiger partial charge in [-0.3, -0.25) is 0 Å². The fourth-order valence-electron chi connectivity index (χ4n) is 0.776. The molecule has 1 atom stereocenters. The van der Waals surface area contributed by atoms with E-state index < -0.39 is 17.4 Å². The quantitative estimate of drug-likeness (QED) is 0.725. The molecular formula is C8H6FO3. The monoisotopic (exact) mass is 169 g/mol. The minimum absolute atomic E-state index is 0.391. The van der Waals surface area contributed by atoms with Gasteiger partial charge in [-0.2, -0.15) is 9.50 Å². The Morgan fingerprint density at radius 1 is 1.33 bits per heavy atom. The van der Waals surface area contributed by atoms with Gasteiger partial charge in [0.1, 0.15) is 0 Å². The lowest BCUT2D eigenvalue weighted by atomic mass is 10.1. The van der Waals surface area contributed by atoms with Crippen molar-refractivity contribution in [3.05, 3.63) is 35.9 Å². The summed E-state index contributed by atoms with van der Waals surface area (Å²) in [5.41, 5.74) is -0.391. The molecule has 0 aromatic heterocycles. The highest BCUT2D eigenvalue weighted by Gasteiger charge is 2.40. The highest BCUT2D eigenvalue weighted by Crippen LogP contribution is 2.23. The molecule has 0 bridgehead atoms. The molecule has 12 heavy (non-hydrogen) atoms. The Hall–Kier alpha value is -1.42. The maximum absolute atomic E-state index is 12.8. The van der Waals surface area contributed by atoms with Gasteiger partial charge in [0.15, 0.2) is 0 Å². The summed E-state index contributed by atoms with van der Waals surface area (Å²) in [6, 6.07) is 6.67. The van der Waals surface area contributed by atoms with E-state index in [-0.39, 0.29) is 0 Å². The first-order chi connectivity index (χ1) is 5.55. The third-order valence-electron chi connectivity index (χ3n) is 1.42. The molecular weight excluding hydrogens is 163 g/mol. The van der Waals surface area contributed by atoms with Crippen LogP contribution in [0.4, 0.5) is 4.39 Å². The van der Waals surface area contributed by atoms with Gasteiger partial charge < -0.3 is 5.11 Å². The maximum atomic E-state index is 12.8. The van der Waals surface area contributed by atoms with Crippen molar-refractivity contribution in [1.82, 2.24) is 0 Å². The van der Waals surface area contributed by atoms with E-state index in [2.05, 4.69) is 0 Å². The van der Waals surface area contributed by atoms with Gasteiger partial charge in [0.05, 0.1) is 0 Å². The van der Waals surface area contributed by atoms with E-state index in [1.165, 1.54) is 12.1 Å². The molecule has 0 saturated heterocycles. The molecule has 0 heterocycles. The number of carboxylic acids is 1. The fraction of sp³-hybridized carbons (Fsp3) is 0.125. The average Bonchev–Trinajstić information content (AvgIpc) is 2.06. The summed E-state index contributed by atoms with van der Waals surface area (Å²) in [7, 11) is 0. The molecule has 1 N–H and O–H groups in total. The summed E-state index contributed by atoms with van der Waals surface area (Å²) in [6.45, 7) is 0. The SMILES string of the molecule is [O]C(F)(C(=O)O)c1ccccc1. The normalized spacial score (nSPS) is 15.2. The Balaban J connectivity index is 3.06. The van der Waals surface area contributed by atoms with Crippen molar-refractivity contribution in [3.63, 3.8) is 0 Å². The van der Waals surface area contributed by atoms with Crippen LogP contribution in [0, 0.1) is 0 Å². The van der Waals surface area contributed by atoms with Crippen LogP contribution in [0.25, 0.3) is 0 Å². The topological polar surface area (TPSA) is 57.2 Å². The van der Waals surface area contributed by atoms with Crippen molar-refractivity contribution in [1.29, 1.82) is 0 Å². The largest absolute Gasteiger partial charge is 0.477 e. The Kier molecular flexibility index (Phi) is 2.10. The van der Waals surface area contributed by atoms with Crippen molar-refractivity contribution in [3.8, 4) is 0 Å². The van der Waals surface area contributed by atoms with Crippen LogP contribution in [0.1, 0.15) is 5.56 Å². The second-order valence-corrected chi connectivity index (χ2v) is 2.27. The van der Waals surface area contributed by atoms with E-state index in [1.54, 1.807) is 6.07 Å². The van der Waals surface area contributed by atoms with Gasteiger partial charge in [-0.25, -0.2) is 4.79 Å². The molecule has 0 aliphatic rings. The Morgan fingerprint density at radius 2 is 1.83 bits per heavy atom. The summed E-state index contributed by atoms with van der Waals surface area (Å²) >= 11 is 0. The third-order valence-corrected chi connectivity index (χ3v) is 1.42. The van der Waals surface area contributed by atoms with Crippen LogP contribution in [-0.2, 0) is 15.8 Å². The summed E-state index contributed by atoms with van der Waals surface area (Å²) in [6.07, 6.45) is 0. The number of aliphatic carboxylic acids is 1. The number of carboxylic acid groups (broad SMARTS) is 1. The zero-order chi connectivity index (χ0) is 9.19. The van der Waals surface area contributed by atoms with Gasteiger partial charge in [-0.15, -0.1) is 0 Å². The lowest BCUT2D eigenvalue weighted by Crippen LogP contribution is -2.28. The van der Waals surface area contributed by atoms with E-state index in [1.807, 2.05) is 0 Å². The second-order valence-electron chi connectivity index (χ2n) is 2.27. The van der Waals surface area contributed by atoms with Crippen LogP contribution in [0.3, 0.4) is 0 Å². The highest BCUT2D eigenvalue weighted by molar-refractivity contribution is 5.76. The van der Waals surface area contributed by atoms with Crippen molar-refractivity contribution in [2.45, 2.75) is 5.85 Å². The number of benzene rings is 1. The fourth-order valence-corrected chi connectivity index (χ4v) is 0.776. The molecule has 0 fully saturated rings. The molecule has 63 valence electrons. The average molecular weight is 169 g/mol. The van der Waals surface area contributed by atoms with E-state index in [4.69, 9.17) is 5.11 Å². The summed E-state index contributed by atoms with van der Waals surface area (Å²) < 4.78 is 12.8. The Labute approximate surface area is 68.1 Å². The van der Waals surface area contributed by atoms with E-state index in [0.29, 0.717) is 0 Å².